The monoisotopic (exact) mass is 427 g/mol. The van der Waals surface area contributed by atoms with E-state index in [4.69, 9.17) is 5.73 Å². The first kappa shape index (κ1) is 23.5. The number of benzene rings is 1. The van der Waals surface area contributed by atoms with Gasteiger partial charge in [0.2, 0.25) is 5.91 Å². The van der Waals surface area contributed by atoms with Crippen LogP contribution in [0.15, 0.2) is 24.3 Å². The quantitative estimate of drug-likeness (QED) is 0.751. The molecule has 0 spiro atoms. The Morgan fingerprint density at radius 3 is 2.54 bits per heavy atom. The van der Waals surface area contributed by atoms with E-state index in [1.165, 1.54) is 49.9 Å². The number of fused-ring (bicyclic) bond motifs is 2. The van der Waals surface area contributed by atoms with Crippen LogP contribution in [0.2, 0.25) is 0 Å². The first-order chi connectivity index (χ1) is 12.6. The number of amides is 1. The number of carbonyl (C=O) groups is 1. The molecule has 1 aromatic carbocycles. The Kier molecular flexibility index (Phi) is 8.62. The summed E-state index contributed by atoms with van der Waals surface area (Å²) in [5.74, 6) is 2.08. The van der Waals surface area contributed by atoms with Crippen LogP contribution in [-0.4, -0.2) is 29.9 Å². The first-order valence-electron chi connectivity index (χ1n) is 10.4. The Morgan fingerprint density at radius 2 is 1.86 bits per heavy atom. The average molecular weight is 428 g/mol. The SMILES string of the molecule is CC1CCCN(Cc2ccccc2CNC(=O)C2C3CCC(C3)C2N)C1.Cl.Cl. The van der Waals surface area contributed by atoms with Crippen molar-refractivity contribution in [2.24, 2.45) is 29.4 Å². The van der Waals surface area contributed by atoms with Crippen molar-refractivity contribution in [3.63, 3.8) is 0 Å². The van der Waals surface area contributed by atoms with E-state index < -0.39 is 0 Å². The fourth-order valence-electron chi connectivity index (χ4n) is 5.58. The van der Waals surface area contributed by atoms with Gasteiger partial charge in [0.1, 0.15) is 0 Å². The summed E-state index contributed by atoms with van der Waals surface area (Å²) in [6.07, 6.45) is 6.19. The van der Waals surface area contributed by atoms with E-state index in [1.54, 1.807) is 0 Å². The Labute approximate surface area is 181 Å². The lowest BCUT2D eigenvalue weighted by Gasteiger charge is -2.31. The topological polar surface area (TPSA) is 58.4 Å². The van der Waals surface area contributed by atoms with Gasteiger partial charge in [0.15, 0.2) is 0 Å². The number of hydrogen-bond donors (Lipinski definition) is 2. The maximum atomic E-state index is 12.8. The van der Waals surface area contributed by atoms with Crippen LogP contribution >= 0.6 is 24.8 Å². The Bertz CT molecular complexity index is 654. The summed E-state index contributed by atoms with van der Waals surface area (Å²) in [5, 5.41) is 3.21. The van der Waals surface area contributed by atoms with Gasteiger partial charge in [-0.15, -0.1) is 24.8 Å². The lowest BCUT2D eigenvalue weighted by atomic mass is 9.84. The van der Waals surface area contributed by atoms with Crippen LogP contribution in [0.5, 0.6) is 0 Å². The molecule has 0 radical (unpaired) electrons. The average Bonchev–Trinajstić information content (AvgIpc) is 3.22. The number of carbonyl (C=O) groups excluding carboxylic acids is 1. The molecular formula is C22H35Cl2N3O. The molecule has 2 saturated carbocycles. The van der Waals surface area contributed by atoms with Gasteiger partial charge in [0.05, 0.1) is 5.92 Å². The van der Waals surface area contributed by atoms with Gasteiger partial charge in [-0.25, -0.2) is 0 Å². The summed E-state index contributed by atoms with van der Waals surface area (Å²) in [6.45, 7) is 6.32. The molecule has 5 unspecified atom stereocenters. The summed E-state index contributed by atoms with van der Waals surface area (Å²) in [4.78, 5) is 15.3. The van der Waals surface area contributed by atoms with Crippen LogP contribution in [0.1, 0.15) is 50.2 Å². The van der Waals surface area contributed by atoms with Gasteiger partial charge in [0.25, 0.3) is 0 Å². The van der Waals surface area contributed by atoms with E-state index in [9.17, 15) is 4.79 Å². The van der Waals surface area contributed by atoms with Gasteiger partial charge in [0, 0.05) is 25.7 Å². The third-order valence-electron chi connectivity index (χ3n) is 6.99. The van der Waals surface area contributed by atoms with Crippen molar-refractivity contribution in [1.29, 1.82) is 0 Å². The van der Waals surface area contributed by atoms with E-state index in [0.29, 0.717) is 18.4 Å². The highest BCUT2D eigenvalue weighted by molar-refractivity contribution is 5.85. The molecular weight excluding hydrogens is 393 g/mol. The summed E-state index contributed by atoms with van der Waals surface area (Å²) in [5.41, 5.74) is 8.93. The van der Waals surface area contributed by atoms with Gasteiger partial charge in [-0.3, -0.25) is 9.69 Å². The summed E-state index contributed by atoms with van der Waals surface area (Å²) >= 11 is 0. The maximum absolute atomic E-state index is 12.8. The minimum Gasteiger partial charge on any atom is -0.352 e. The fraction of sp³-hybridized carbons (Fsp3) is 0.682. The van der Waals surface area contributed by atoms with Crippen LogP contribution in [0.25, 0.3) is 0 Å². The number of piperidine rings is 1. The summed E-state index contributed by atoms with van der Waals surface area (Å²) < 4.78 is 0. The molecule has 3 aliphatic rings. The van der Waals surface area contributed by atoms with E-state index in [-0.39, 0.29) is 42.7 Å². The van der Waals surface area contributed by atoms with Crippen LogP contribution in [0.3, 0.4) is 0 Å². The highest BCUT2D eigenvalue weighted by Gasteiger charge is 2.48. The molecule has 6 heteroatoms. The molecule has 2 bridgehead atoms. The van der Waals surface area contributed by atoms with Gasteiger partial charge >= 0.3 is 0 Å². The highest BCUT2D eigenvalue weighted by atomic mass is 35.5. The molecule has 3 N–H and O–H groups in total. The van der Waals surface area contributed by atoms with Crippen molar-refractivity contribution >= 4 is 30.7 Å². The van der Waals surface area contributed by atoms with Crippen LogP contribution in [0, 0.1) is 23.7 Å². The number of likely N-dealkylation sites (tertiary alicyclic amines) is 1. The molecule has 1 aliphatic heterocycles. The minimum absolute atomic E-state index is 0. The zero-order chi connectivity index (χ0) is 18.1. The van der Waals surface area contributed by atoms with Crippen LogP contribution < -0.4 is 11.1 Å². The molecule has 4 nitrogen and oxygen atoms in total. The molecule has 158 valence electrons. The van der Waals surface area contributed by atoms with Crippen LogP contribution in [-0.2, 0) is 17.9 Å². The van der Waals surface area contributed by atoms with E-state index in [1.807, 2.05) is 0 Å². The second-order valence-corrected chi connectivity index (χ2v) is 8.91. The normalized spacial score (nSPS) is 31.7. The lowest BCUT2D eigenvalue weighted by Crippen LogP contribution is -2.45. The molecule has 1 aromatic rings. The number of nitrogens with two attached hydrogens (primary N) is 1. The molecule has 1 heterocycles. The van der Waals surface area contributed by atoms with Crippen molar-refractivity contribution in [2.45, 2.75) is 58.2 Å². The first-order valence-corrected chi connectivity index (χ1v) is 10.4. The molecule has 2 aliphatic carbocycles. The molecule has 1 saturated heterocycles. The van der Waals surface area contributed by atoms with Gasteiger partial charge in [-0.1, -0.05) is 31.2 Å². The maximum Gasteiger partial charge on any atom is 0.225 e. The Hall–Kier alpha value is -0.810. The zero-order valence-electron chi connectivity index (χ0n) is 16.8. The molecule has 28 heavy (non-hydrogen) atoms. The molecule has 0 aromatic heterocycles. The van der Waals surface area contributed by atoms with Gasteiger partial charge in [-0.2, -0.15) is 0 Å². The molecule has 5 atom stereocenters. The van der Waals surface area contributed by atoms with Crippen molar-refractivity contribution in [2.75, 3.05) is 13.1 Å². The third-order valence-corrected chi connectivity index (χ3v) is 6.99. The largest absolute Gasteiger partial charge is 0.352 e. The zero-order valence-corrected chi connectivity index (χ0v) is 18.4. The van der Waals surface area contributed by atoms with Crippen molar-refractivity contribution in [3.8, 4) is 0 Å². The number of halogens is 2. The predicted octanol–water partition coefficient (Wildman–Crippen LogP) is 3.75. The number of hydrogen-bond acceptors (Lipinski definition) is 3. The van der Waals surface area contributed by atoms with Gasteiger partial charge in [-0.05, 0) is 67.5 Å². The predicted molar refractivity (Wildman–Crippen MR) is 119 cm³/mol. The Morgan fingerprint density at radius 1 is 1.14 bits per heavy atom. The van der Waals surface area contributed by atoms with Crippen molar-refractivity contribution in [3.05, 3.63) is 35.4 Å². The highest BCUT2D eigenvalue weighted by Crippen LogP contribution is 2.47. The number of nitrogens with one attached hydrogen (secondary N) is 1. The lowest BCUT2D eigenvalue weighted by molar-refractivity contribution is -0.127. The van der Waals surface area contributed by atoms with Crippen molar-refractivity contribution in [1.82, 2.24) is 10.2 Å². The van der Waals surface area contributed by atoms with Crippen LogP contribution in [0.4, 0.5) is 0 Å². The number of nitrogens with zero attached hydrogens (tertiary/aromatic N) is 1. The summed E-state index contributed by atoms with van der Waals surface area (Å²) in [6, 6.07) is 8.62. The number of rotatable bonds is 5. The Balaban J connectivity index is 0.00000140. The minimum atomic E-state index is 0. The third kappa shape index (κ3) is 5.02. The van der Waals surface area contributed by atoms with E-state index in [0.717, 1.165) is 18.9 Å². The standard InChI is InChI=1S/C22H33N3O.2ClH/c1-15-5-4-10-25(13-15)14-19-7-3-2-6-18(19)12-24-22(26)20-16-8-9-17(11-16)21(20)23;;/h2-3,6-7,15-17,20-21H,4-5,8-14,23H2,1H3,(H,24,26);2*1H. The van der Waals surface area contributed by atoms with Gasteiger partial charge < -0.3 is 11.1 Å². The molecule has 3 fully saturated rings. The van der Waals surface area contributed by atoms with E-state index in [2.05, 4.69) is 41.4 Å². The second-order valence-electron chi connectivity index (χ2n) is 8.91. The summed E-state index contributed by atoms with van der Waals surface area (Å²) in [7, 11) is 0. The second kappa shape index (κ2) is 10.3. The molecule has 4 rings (SSSR count). The molecule has 1 amide bonds. The fourth-order valence-corrected chi connectivity index (χ4v) is 5.58. The van der Waals surface area contributed by atoms with Crippen molar-refractivity contribution < 1.29 is 4.79 Å². The smallest absolute Gasteiger partial charge is 0.225 e. The van der Waals surface area contributed by atoms with E-state index >= 15 is 0 Å².